The molecular weight excluding hydrogens is 358 g/mol. The highest BCUT2D eigenvalue weighted by atomic mass is 35.5. The molecule has 3 aromatic heterocycles. The SMILES string of the molecule is Cl.O=C(NCc1ccco1)c1c[nH]n2c(=O)cc(C3CCNCC3)nc12. The van der Waals surface area contributed by atoms with Crippen LogP contribution in [-0.2, 0) is 6.54 Å². The Balaban J connectivity index is 0.00000196. The van der Waals surface area contributed by atoms with Gasteiger partial charge in [-0.1, -0.05) is 0 Å². The van der Waals surface area contributed by atoms with E-state index >= 15 is 0 Å². The molecule has 0 bridgehead atoms. The lowest BCUT2D eigenvalue weighted by Gasteiger charge is -2.21. The Hall–Kier alpha value is -2.58. The quantitative estimate of drug-likeness (QED) is 0.638. The van der Waals surface area contributed by atoms with Gasteiger partial charge in [0.15, 0.2) is 5.65 Å². The number of aromatic nitrogens is 3. The molecule has 4 rings (SSSR count). The zero-order chi connectivity index (χ0) is 17.2. The molecule has 0 radical (unpaired) electrons. The van der Waals surface area contributed by atoms with Gasteiger partial charge in [-0.3, -0.25) is 14.7 Å². The average Bonchev–Trinajstić information content (AvgIpc) is 3.30. The van der Waals surface area contributed by atoms with Crippen LogP contribution in [-0.4, -0.2) is 33.6 Å². The molecule has 138 valence electrons. The van der Waals surface area contributed by atoms with Crippen molar-refractivity contribution in [2.24, 2.45) is 0 Å². The third-order valence-corrected chi connectivity index (χ3v) is 4.52. The number of halogens is 1. The van der Waals surface area contributed by atoms with Crippen LogP contribution < -0.4 is 16.2 Å². The molecule has 0 saturated carbocycles. The fraction of sp³-hybridized carbons (Fsp3) is 0.353. The van der Waals surface area contributed by atoms with Crippen molar-refractivity contribution in [1.82, 2.24) is 25.2 Å². The minimum Gasteiger partial charge on any atom is -0.467 e. The highest BCUT2D eigenvalue weighted by Crippen LogP contribution is 2.23. The summed E-state index contributed by atoms with van der Waals surface area (Å²) in [6.45, 7) is 2.10. The summed E-state index contributed by atoms with van der Waals surface area (Å²) in [4.78, 5) is 29.4. The Kier molecular flexibility index (Phi) is 5.43. The van der Waals surface area contributed by atoms with Gasteiger partial charge in [0, 0.05) is 18.2 Å². The van der Waals surface area contributed by atoms with Gasteiger partial charge in [-0.05, 0) is 38.1 Å². The fourth-order valence-electron chi connectivity index (χ4n) is 3.17. The van der Waals surface area contributed by atoms with Crippen molar-refractivity contribution in [2.45, 2.75) is 25.3 Å². The third kappa shape index (κ3) is 3.51. The van der Waals surface area contributed by atoms with Gasteiger partial charge in [-0.15, -0.1) is 12.4 Å². The Morgan fingerprint density at radius 1 is 1.38 bits per heavy atom. The average molecular weight is 378 g/mol. The number of furan rings is 1. The number of nitrogens with one attached hydrogen (secondary N) is 3. The topological polar surface area (TPSA) is 104 Å². The summed E-state index contributed by atoms with van der Waals surface area (Å²) in [5.41, 5.74) is 1.26. The van der Waals surface area contributed by atoms with Crippen LogP contribution in [0.5, 0.6) is 0 Å². The van der Waals surface area contributed by atoms with Gasteiger partial charge in [-0.2, -0.15) is 0 Å². The van der Waals surface area contributed by atoms with Crippen LogP contribution in [0.1, 0.15) is 40.6 Å². The second-order valence-corrected chi connectivity index (χ2v) is 6.15. The summed E-state index contributed by atoms with van der Waals surface area (Å²) in [5, 5.41) is 8.89. The minimum absolute atomic E-state index is 0. The number of fused-ring (bicyclic) bond motifs is 1. The van der Waals surface area contributed by atoms with Crippen LogP contribution in [0.4, 0.5) is 0 Å². The van der Waals surface area contributed by atoms with E-state index in [-0.39, 0.29) is 36.3 Å². The second kappa shape index (κ2) is 7.76. The van der Waals surface area contributed by atoms with E-state index in [1.165, 1.54) is 10.7 Å². The van der Waals surface area contributed by atoms with Gasteiger partial charge in [-0.25, -0.2) is 9.50 Å². The first-order chi connectivity index (χ1) is 12.2. The Labute approximate surface area is 155 Å². The molecule has 0 aromatic carbocycles. The maximum absolute atomic E-state index is 12.5. The molecule has 9 heteroatoms. The van der Waals surface area contributed by atoms with Gasteiger partial charge in [0.2, 0.25) is 0 Å². The molecule has 26 heavy (non-hydrogen) atoms. The van der Waals surface area contributed by atoms with Crippen molar-refractivity contribution in [3.63, 3.8) is 0 Å². The van der Waals surface area contributed by atoms with Gasteiger partial charge in [0.25, 0.3) is 11.5 Å². The molecule has 4 heterocycles. The monoisotopic (exact) mass is 377 g/mol. The van der Waals surface area contributed by atoms with Crippen LogP contribution in [0.25, 0.3) is 5.65 Å². The summed E-state index contributed by atoms with van der Waals surface area (Å²) in [6.07, 6.45) is 4.94. The molecule has 1 aliphatic heterocycles. The lowest BCUT2D eigenvalue weighted by molar-refractivity contribution is 0.0949. The van der Waals surface area contributed by atoms with E-state index in [9.17, 15) is 9.59 Å². The Morgan fingerprint density at radius 3 is 2.92 bits per heavy atom. The third-order valence-electron chi connectivity index (χ3n) is 4.52. The summed E-state index contributed by atoms with van der Waals surface area (Å²) >= 11 is 0. The molecule has 0 atom stereocenters. The molecule has 3 aromatic rings. The molecule has 8 nitrogen and oxygen atoms in total. The normalized spacial score (nSPS) is 14.9. The van der Waals surface area contributed by atoms with E-state index in [2.05, 4.69) is 20.7 Å². The maximum Gasteiger partial charge on any atom is 0.272 e. The predicted octanol–water partition coefficient (Wildman–Crippen LogP) is 1.43. The minimum atomic E-state index is -0.301. The van der Waals surface area contributed by atoms with Crippen LogP contribution in [0.15, 0.2) is 39.9 Å². The second-order valence-electron chi connectivity index (χ2n) is 6.15. The molecular formula is C17H20ClN5O3. The molecule has 1 amide bonds. The number of H-pyrrole nitrogens is 1. The van der Waals surface area contributed by atoms with Gasteiger partial charge < -0.3 is 15.1 Å². The van der Waals surface area contributed by atoms with Crippen molar-refractivity contribution >= 4 is 24.0 Å². The lowest BCUT2D eigenvalue weighted by Crippen LogP contribution is -2.28. The number of hydrogen-bond donors (Lipinski definition) is 3. The smallest absolute Gasteiger partial charge is 0.272 e. The molecule has 0 spiro atoms. The van der Waals surface area contributed by atoms with Gasteiger partial charge in [0.05, 0.1) is 18.5 Å². The number of nitrogens with zero attached hydrogens (tertiary/aromatic N) is 2. The summed E-state index contributed by atoms with van der Waals surface area (Å²) in [7, 11) is 0. The van der Waals surface area contributed by atoms with Crippen molar-refractivity contribution in [1.29, 1.82) is 0 Å². The first-order valence-electron chi connectivity index (χ1n) is 8.35. The first-order valence-corrected chi connectivity index (χ1v) is 8.35. The number of aromatic amines is 1. The zero-order valence-corrected chi connectivity index (χ0v) is 14.8. The Bertz CT molecular complexity index is 941. The highest BCUT2D eigenvalue weighted by Gasteiger charge is 2.21. The van der Waals surface area contributed by atoms with E-state index in [1.54, 1.807) is 24.5 Å². The maximum atomic E-state index is 12.5. The number of hydrogen-bond acceptors (Lipinski definition) is 5. The van der Waals surface area contributed by atoms with Crippen molar-refractivity contribution in [3.05, 3.63) is 58.0 Å². The largest absolute Gasteiger partial charge is 0.467 e. The van der Waals surface area contributed by atoms with Crippen molar-refractivity contribution < 1.29 is 9.21 Å². The van der Waals surface area contributed by atoms with E-state index in [0.717, 1.165) is 31.6 Å². The molecule has 0 unspecified atom stereocenters. The number of carbonyl (C=O) groups is 1. The van der Waals surface area contributed by atoms with Crippen LogP contribution in [0.2, 0.25) is 0 Å². The number of piperidine rings is 1. The van der Waals surface area contributed by atoms with Gasteiger partial charge >= 0.3 is 0 Å². The fourth-order valence-corrected chi connectivity index (χ4v) is 3.17. The zero-order valence-electron chi connectivity index (χ0n) is 14.0. The van der Waals surface area contributed by atoms with Crippen LogP contribution in [0, 0.1) is 0 Å². The molecule has 3 N–H and O–H groups in total. The van der Waals surface area contributed by atoms with E-state index in [0.29, 0.717) is 17.0 Å². The van der Waals surface area contributed by atoms with Crippen LogP contribution >= 0.6 is 12.4 Å². The van der Waals surface area contributed by atoms with Crippen molar-refractivity contribution in [2.75, 3.05) is 13.1 Å². The number of carbonyl (C=O) groups excluding carboxylic acids is 1. The summed E-state index contributed by atoms with van der Waals surface area (Å²) < 4.78 is 6.51. The molecule has 0 aliphatic carbocycles. The summed E-state index contributed by atoms with van der Waals surface area (Å²) in [6, 6.07) is 5.11. The molecule has 1 aliphatic rings. The van der Waals surface area contributed by atoms with E-state index in [4.69, 9.17) is 4.42 Å². The molecule has 1 fully saturated rings. The lowest BCUT2D eigenvalue weighted by atomic mass is 9.94. The van der Waals surface area contributed by atoms with E-state index < -0.39 is 0 Å². The number of amides is 1. The highest BCUT2D eigenvalue weighted by molar-refractivity contribution is 5.99. The van der Waals surface area contributed by atoms with Crippen molar-refractivity contribution in [3.8, 4) is 0 Å². The van der Waals surface area contributed by atoms with Crippen LogP contribution in [0.3, 0.4) is 0 Å². The predicted molar refractivity (Wildman–Crippen MR) is 97.8 cm³/mol. The van der Waals surface area contributed by atoms with Gasteiger partial charge in [0.1, 0.15) is 11.3 Å². The molecule has 1 saturated heterocycles. The Morgan fingerprint density at radius 2 is 2.19 bits per heavy atom. The summed E-state index contributed by atoms with van der Waals surface area (Å²) in [5.74, 6) is 0.603. The number of rotatable bonds is 4. The first kappa shape index (κ1) is 18.2. The standard InChI is InChI=1S/C17H19N5O3.ClH/c23-15-8-14(11-3-5-18-6-4-11)21-16-13(10-20-22(15)16)17(24)19-9-12-2-1-7-25-12;/h1-2,7-8,10-11,18,20H,3-6,9H2,(H,19,24);1H. The van der Waals surface area contributed by atoms with E-state index in [1.807, 2.05) is 0 Å².